The van der Waals surface area contributed by atoms with Crippen molar-refractivity contribution in [1.29, 1.82) is 0 Å². The molecule has 0 amide bonds. The largest absolute Gasteiger partial charge is 0.480 e. The number of aliphatic carboxylic acids is 1. The highest BCUT2D eigenvalue weighted by Gasteiger charge is 2.41. The maximum absolute atomic E-state index is 11.8. The van der Waals surface area contributed by atoms with E-state index in [4.69, 9.17) is 5.11 Å². The number of carboxylic acids is 1. The molecule has 1 heterocycles. The summed E-state index contributed by atoms with van der Waals surface area (Å²) in [4.78, 5) is 10.9. The van der Waals surface area contributed by atoms with Gasteiger partial charge in [-0.3, -0.25) is 4.79 Å². The molecule has 16 heavy (non-hydrogen) atoms. The molecule has 0 aliphatic rings. The van der Waals surface area contributed by atoms with Crippen LogP contribution >= 0.6 is 11.3 Å². The molecular formula is C10H14O4S2. The Morgan fingerprint density at radius 3 is 2.56 bits per heavy atom. The van der Waals surface area contributed by atoms with Crippen LogP contribution in [0.4, 0.5) is 0 Å². The molecule has 0 bridgehead atoms. The fraction of sp³-hybridized carbons (Fsp3) is 0.500. The maximum Gasteiger partial charge on any atom is 0.324 e. The van der Waals surface area contributed by atoms with Crippen LogP contribution in [-0.2, 0) is 21.1 Å². The average Bonchev–Trinajstić information content (AvgIpc) is 2.66. The third-order valence-corrected chi connectivity index (χ3v) is 5.74. The number of aryl methyl sites for hydroxylation is 1. The number of carboxylic acid groups (broad SMARTS) is 1. The molecule has 0 aliphatic heterocycles. The zero-order valence-corrected chi connectivity index (χ0v) is 10.8. The molecule has 0 aliphatic carbocycles. The van der Waals surface area contributed by atoms with E-state index in [-0.39, 0.29) is 5.75 Å². The Bertz CT molecular complexity index is 457. The van der Waals surface area contributed by atoms with Crippen molar-refractivity contribution in [2.45, 2.75) is 25.0 Å². The van der Waals surface area contributed by atoms with Gasteiger partial charge in [0.2, 0.25) is 0 Å². The van der Waals surface area contributed by atoms with Crippen LogP contribution in [0.25, 0.3) is 0 Å². The normalized spacial score (nSPS) is 12.6. The third-order valence-electron chi connectivity index (χ3n) is 2.53. The van der Waals surface area contributed by atoms with Gasteiger partial charge in [0.25, 0.3) is 0 Å². The summed E-state index contributed by atoms with van der Waals surface area (Å²) in [6.45, 7) is 2.44. The minimum absolute atomic E-state index is 0.136. The van der Waals surface area contributed by atoms with Gasteiger partial charge in [-0.1, -0.05) is 0 Å². The smallest absolute Gasteiger partial charge is 0.324 e. The number of sulfone groups is 1. The van der Waals surface area contributed by atoms with Crippen molar-refractivity contribution in [3.05, 3.63) is 22.4 Å². The molecule has 6 heteroatoms. The van der Waals surface area contributed by atoms with E-state index < -0.39 is 20.6 Å². The molecule has 0 unspecified atom stereocenters. The molecule has 1 N–H and O–H groups in total. The number of hydrogen-bond donors (Lipinski definition) is 1. The molecule has 0 aromatic carbocycles. The summed E-state index contributed by atoms with van der Waals surface area (Å²) in [7, 11) is -3.63. The Kier molecular flexibility index (Phi) is 3.75. The van der Waals surface area contributed by atoms with Gasteiger partial charge in [0.05, 0.1) is 5.75 Å². The van der Waals surface area contributed by atoms with E-state index in [1.165, 1.54) is 25.2 Å². The van der Waals surface area contributed by atoms with Crippen LogP contribution in [0.1, 0.15) is 19.4 Å². The van der Waals surface area contributed by atoms with E-state index >= 15 is 0 Å². The minimum Gasteiger partial charge on any atom is -0.480 e. The summed E-state index contributed by atoms with van der Waals surface area (Å²) in [5, 5.41) is 12.6. The molecule has 0 fully saturated rings. The lowest BCUT2D eigenvalue weighted by molar-refractivity contribution is -0.139. The van der Waals surface area contributed by atoms with Crippen molar-refractivity contribution < 1.29 is 18.3 Å². The van der Waals surface area contributed by atoms with Crippen molar-refractivity contribution in [2.24, 2.45) is 0 Å². The van der Waals surface area contributed by atoms with Crippen LogP contribution < -0.4 is 0 Å². The van der Waals surface area contributed by atoms with Gasteiger partial charge in [-0.25, -0.2) is 8.42 Å². The Morgan fingerprint density at radius 1 is 1.50 bits per heavy atom. The molecule has 0 atom stereocenters. The number of thiophene rings is 1. The zero-order valence-electron chi connectivity index (χ0n) is 9.13. The number of carbonyl (C=O) groups is 1. The topological polar surface area (TPSA) is 71.4 Å². The highest BCUT2D eigenvalue weighted by Crippen LogP contribution is 2.19. The highest BCUT2D eigenvalue weighted by molar-refractivity contribution is 7.93. The van der Waals surface area contributed by atoms with Crippen molar-refractivity contribution in [2.75, 3.05) is 5.75 Å². The monoisotopic (exact) mass is 262 g/mol. The average molecular weight is 262 g/mol. The van der Waals surface area contributed by atoms with E-state index in [0.717, 1.165) is 5.56 Å². The van der Waals surface area contributed by atoms with Crippen molar-refractivity contribution in [3.8, 4) is 0 Å². The lowest BCUT2D eigenvalue weighted by Gasteiger charge is -2.19. The van der Waals surface area contributed by atoms with Crippen LogP contribution in [0.5, 0.6) is 0 Å². The Morgan fingerprint density at radius 2 is 2.12 bits per heavy atom. The fourth-order valence-corrected chi connectivity index (χ4v) is 3.06. The van der Waals surface area contributed by atoms with Gasteiger partial charge in [-0.05, 0) is 42.7 Å². The van der Waals surface area contributed by atoms with E-state index in [1.54, 1.807) is 0 Å². The SMILES string of the molecule is CC(C)(C(=O)O)S(=O)(=O)CCc1ccsc1. The van der Waals surface area contributed by atoms with Crippen LogP contribution in [0.15, 0.2) is 16.8 Å². The van der Waals surface area contributed by atoms with Crippen molar-refractivity contribution in [3.63, 3.8) is 0 Å². The molecule has 0 saturated heterocycles. The van der Waals surface area contributed by atoms with E-state index in [9.17, 15) is 13.2 Å². The molecule has 0 spiro atoms. The second kappa shape index (κ2) is 4.55. The predicted molar refractivity (Wildman–Crippen MR) is 63.5 cm³/mol. The van der Waals surface area contributed by atoms with Crippen LogP contribution in [-0.4, -0.2) is 30.0 Å². The molecule has 4 nitrogen and oxygen atoms in total. The first-order chi connectivity index (χ1) is 7.27. The zero-order chi connectivity index (χ0) is 12.4. The first-order valence-electron chi connectivity index (χ1n) is 4.74. The van der Waals surface area contributed by atoms with E-state index in [1.807, 2.05) is 16.8 Å². The molecule has 1 aromatic rings. The molecule has 0 radical (unpaired) electrons. The number of rotatable bonds is 5. The Labute approximate surface area is 98.8 Å². The maximum atomic E-state index is 11.8. The molecule has 1 rings (SSSR count). The first kappa shape index (κ1) is 13.2. The molecule has 1 aromatic heterocycles. The standard InChI is InChI=1S/C10H14O4S2/c1-10(2,9(11)12)16(13,14)6-4-8-3-5-15-7-8/h3,5,7H,4,6H2,1-2H3,(H,11,12). The predicted octanol–water partition coefficient (Wildman–Crippen LogP) is 1.57. The van der Waals surface area contributed by atoms with Gasteiger partial charge in [-0.15, -0.1) is 0 Å². The summed E-state index contributed by atoms with van der Waals surface area (Å²) in [5.41, 5.74) is 0.926. The summed E-state index contributed by atoms with van der Waals surface area (Å²) >= 11 is 1.49. The molecule has 0 saturated carbocycles. The Balaban J connectivity index is 2.77. The quantitative estimate of drug-likeness (QED) is 0.874. The minimum atomic E-state index is -3.63. The summed E-state index contributed by atoms with van der Waals surface area (Å²) in [6.07, 6.45) is 0.364. The van der Waals surface area contributed by atoms with Gasteiger partial charge in [0.15, 0.2) is 14.6 Å². The van der Waals surface area contributed by atoms with Gasteiger partial charge in [-0.2, -0.15) is 11.3 Å². The number of hydrogen-bond acceptors (Lipinski definition) is 4. The van der Waals surface area contributed by atoms with Crippen molar-refractivity contribution >= 4 is 27.1 Å². The molecular weight excluding hydrogens is 248 g/mol. The second-order valence-corrected chi connectivity index (χ2v) is 7.45. The van der Waals surface area contributed by atoms with Crippen LogP contribution in [0.3, 0.4) is 0 Å². The first-order valence-corrected chi connectivity index (χ1v) is 7.33. The van der Waals surface area contributed by atoms with Crippen LogP contribution in [0.2, 0.25) is 0 Å². The van der Waals surface area contributed by atoms with Crippen molar-refractivity contribution in [1.82, 2.24) is 0 Å². The lowest BCUT2D eigenvalue weighted by Crippen LogP contribution is -2.42. The summed E-state index contributed by atoms with van der Waals surface area (Å²) < 4.78 is 21.9. The highest BCUT2D eigenvalue weighted by atomic mass is 32.2. The van der Waals surface area contributed by atoms with Crippen LogP contribution in [0, 0.1) is 0 Å². The molecule has 90 valence electrons. The lowest BCUT2D eigenvalue weighted by atomic mass is 10.2. The third kappa shape index (κ3) is 2.62. The van der Waals surface area contributed by atoms with Gasteiger partial charge in [0, 0.05) is 0 Å². The second-order valence-electron chi connectivity index (χ2n) is 4.02. The summed E-state index contributed by atoms with van der Waals surface area (Å²) in [5.74, 6) is -1.44. The van der Waals surface area contributed by atoms with E-state index in [0.29, 0.717) is 6.42 Å². The van der Waals surface area contributed by atoms with E-state index in [2.05, 4.69) is 0 Å². The van der Waals surface area contributed by atoms with Gasteiger partial charge < -0.3 is 5.11 Å². The Hall–Kier alpha value is -0.880. The van der Waals surface area contributed by atoms with Gasteiger partial charge >= 0.3 is 5.97 Å². The summed E-state index contributed by atoms with van der Waals surface area (Å²) in [6, 6.07) is 1.84. The van der Waals surface area contributed by atoms with Gasteiger partial charge in [0.1, 0.15) is 0 Å². The fourth-order valence-electron chi connectivity index (χ4n) is 1.08.